The van der Waals surface area contributed by atoms with Crippen molar-refractivity contribution in [2.75, 3.05) is 5.32 Å². The van der Waals surface area contributed by atoms with Crippen LogP contribution in [0.15, 0.2) is 46.9 Å². The molecule has 0 saturated carbocycles. The van der Waals surface area contributed by atoms with Crippen LogP contribution in [0.1, 0.15) is 10.4 Å². The zero-order chi connectivity index (χ0) is 13.1. The lowest BCUT2D eigenvalue weighted by Crippen LogP contribution is -2.12. The molecule has 0 unspecified atom stereocenters. The van der Waals surface area contributed by atoms with E-state index in [1.165, 1.54) is 0 Å². The highest BCUT2D eigenvalue weighted by molar-refractivity contribution is 14.1. The van der Waals surface area contributed by atoms with Crippen LogP contribution in [0.5, 0.6) is 0 Å². The van der Waals surface area contributed by atoms with Crippen LogP contribution in [0, 0.1) is 3.57 Å². The molecule has 0 fully saturated rings. The van der Waals surface area contributed by atoms with E-state index in [1.54, 1.807) is 30.3 Å². The SMILES string of the molecule is O=C(Nc1ccc(Cl)cc1Br)c1ccc(I)cc1. The molecule has 1 N–H and O–H groups in total. The number of hydrogen-bond donors (Lipinski definition) is 1. The maximum Gasteiger partial charge on any atom is 0.255 e. The van der Waals surface area contributed by atoms with Gasteiger partial charge in [0, 0.05) is 18.6 Å². The first-order chi connectivity index (χ1) is 8.56. The van der Waals surface area contributed by atoms with Crippen LogP contribution in [0.2, 0.25) is 5.02 Å². The Balaban J connectivity index is 2.18. The molecule has 0 aromatic heterocycles. The number of amides is 1. The second-order valence-corrected chi connectivity index (χ2v) is 6.12. The van der Waals surface area contributed by atoms with Crippen LogP contribution in [0.25, 0.3) is 0 Å². The zero-order valence-electron chi connectivity index (χ0n) is 9.08. The summed E-state index contributed by atoms with van der Waals surface area (Å²) in [5.41, 5.74) is 1.32. The second-order valence-electron chi connectivity index (χ2n) is 3.59. The molecule has 2 rings (SSSR count). The molecular weight excluding hydrogens is 428 g/mol. The van der Waals surface area contributed by atoms with Crippen LogP contribution in [0.3, 0.4) is 0 Å². The van der Waals surface area contributed by atoms with E-state index in [1.807, 2.05) is 12.1 Å². The van der Waals surface area contributed by atoms with Crippen molar-refractivity contribution in [2.45, 2.75) is 0 Å². The van der Waals surface area contributed by atoms with Gasteiger partial charge >= 0.3 is 0 Å². The summed E-state index contributed by atoms with van der Waals surface area (Å²) in [5.74, 6) is -0.144. The topological polar surface area (TPSA) is 29.1 Å². The van der Waals surface area contributed by atoms with Gasteiger partial charge in [0.2, 0.25) is 0 Å². The Kier molecular flexibility index (Phi) is 4.64. The fourth-order valence-corrected chi connectivity index (χ4v) is 2.53. The van der Waals surface area contributed by atoms with E-state index < -0.39 is 0 Å². The van der Waals surface area contributed by atoms with E-state index in [0.29, 0.717) is 16.3 Å². The standard InChI is InChI=1S/C13H8BrClINO/c14-11-7-9(15)3-6-12(11)17-13(18)8-1-4-10(16)5-2-8/h1-7H,(H,17,18). The average molecular weight is 436 g/mol. The van der Waals surface area contributed by atoms with Crippen molar-refractivity contribution in [3.63, 3.8) is 0 Å². The van der Waals surface area contributed by atoms with Crippen molar-refractivity contribution in [1.82, 2.24) is 0 Å². The minimum atomic E-state index is -0.144. The fraction of sp³-hybridized carbons (Fsp3) is 0. The fourth-order valence-electron chi connectivity index (χ4n) is 1.39. The molecule has 18 heavy (non-hydrogen) atoms. The Morgan fingerprint density at radius 2 is 1.83 bits per heavy atom. The van der Waals surface area contributed by atoms with E-state index in [0.717, 1.165) is 8.04 Å². The zero-order valence-corrected chi connectivity index (χ0v) is 13.6. The monoisotopic (exact) mass is 435 g/mol. The third kappa shape index (κ3) is 3.46. The number of carbonyl (C=O) groups is 1. The number of nitrogens with one attached hydrogen (secondary N) is 1. The summed E-state index contributed by atoms with van der Waals surface area (Å²) >= 11 is 11.4. The molecule has 2 nitrogen and oxygen atoms in total. The van der Waals surface area contributed by atoms with Crippen molar-refractivity contribution in [2.24, 2.45) is 0 Å². The van der Waals surface area contributed by atoms with Gasteiger partial charge in [-0.15, -0.1) is 0 Å². The normalized spacial score (nSPS) is 10.2. The minimum Gasteiger partial charge on any atom is -0.321 e. The predicted molar refractivity (Wildman–Crippen MR) is 86.3 cm³/mol. The van der Waals surface area contributed by atoms with Gasteiger partial charge in [-0.2, -0.15) is 0 Å². The smallest absolute Gasteiger partial charge is 0.255 e. The van der Waals surface area contributed by atoms with Gasteiger partial charge in [-0.1, -0.05) is 11.6 Å². The quantitative estimate of drug-likeness (QED) is 0.663. The van der Waals surface area contributed by atoms with Gasteiger partial charge in [0.25, 0.3) is 5.91 Å². The third-order valence-corrected chi connectivity index (χ3v) is 3.90. The van der Waals surface area contributed by atoms with Crippen molar-refractivity contribution < 1.29 is 4.79 Å². The molecule has 2 aromatic carbocycles. The Hall–Kier alpha value is -0.590. The van der Waals surface area contributed by atoms with Gasteiger partial charge < -0.3 is 5.32 Å². The average Bonchev–Trinajstić information content (AvgIpc) is 2.33. The molecule has 0 aliphatic carbocycles. The Morgan fingerprint density at radius 1 is 1.17 bits per heavy atom. The van der Waals surface area contributed by atoms with E-state index >= 15 is 0 Å². The Labute approximate surface area is 132 Å². The number of hydrogen-bond acceptors (Lipinski definition) is 1. The lowest BCUT2D eigenvalue weighted by molar-refractivity contribution is 0.102. The van der Waals surface area contributed by atoms with Crippen molar-refractivity contribution >= 4 is 61.7 Å². The highest BCUT2D eigenvalue weighted by atomic mass is 127. The molecule has 0 bridgehead atoms. The van der Waals surface area contributed by atoms with E-state index in [-0.39, 0.29) is 5.91 Å². The molecule has 0 aliphatic rings. The summed E-state index contributed by atoms with van der Waals surface area (Å²) in [6.45, 7) is 0. The lowest BCUT2D eigenvalue weighted by atomic mass is 10.2. The predicted octanol–water partition coefficient (Wildman–Crippen LogP) is 4.96. The minimum absolute atomic E-state index is 0.144. The van der Waals surface area contributed by atoms with Gasteiger partial charge in [-0.05, 0) is 81.0 Å². The lowest BCUT2D eigenvalue weighted by Gasteiger charge is -2.07. The van der Waals surface area contributed by atoms with Crippen molar-refractivity contribution in [3.8, 4) is 0 Å². The van der Waals surface area contributed by atoms with Crippen LogP contribution in [-0.4, -0.2) is 5.91 Å². The first-order valence-corrected chi connectivity index (χ1v) is 7.33. The molecule has 5 heteroatoms. The van der Waals surface area contributed by atoms with Gasteiger partial charge in [-0.3, -0.25) is 4.79 Å². The Morgan fingerprint density at radius 3 is 2.44 bits per heavy atom. The maximum atomic E-state index is 12.0. The summed E-state index contributed by atoms with van der Waals surface area (Å²) in [6, 6.07) is 12.6. The van der Waals surface area contributed by atoms with E-state index in [4.69, 9.17) is 11.6 Å². The molecule has 0 spiro atoms. The number of anilines is 1. The van der Waals surface area contributed by atoms with Crippen LogP contribution >= 0.6 is 50.1 Å². The molecule has 0 saturated heterocycles. The first-order valence-electron chi connectivity index (χ1n) is 5.08. The second kappa shape index (κ2) is 6.04. The highest BCUT2D eigenvalue weighted by Crippen LogP contribution is 2.26. The highest BCUT2D eigenvalue weighted by Gasteiger charge is 2.08. The molecular formula is C13H8BrClINO. The van der Waals surface area contributed by atoms with E-state index in [2.05, 4.69) is 43.8 Å². The number of benzene rings is 2. The van der Waals surface area contributed by atoms with Crippen molar-refractivity contribution in [3.05, 3.63) is 61.1 Å². The Bertz CT molecular complexity index is 586. The van der Waals surface area contributed by atoms with Crippen molar-refractivity contribution in [1.29, 1.82) is 0 Å². The van der Waals surface area contributed by atoms with Gasteiger partial charge in [-0.25, -0.2) is 0 Å². The summed E-state index contributed by atoms with van der Waals surface area (Å²) in [6.07, 6.45) is 0. The molecule has 0 atom stereocenters. The summed E-state index contributed by atoms with van der Waals surface area (Å²) in [5, 5.41) is 3.45. The summed E-state index contributed by atoms with van der Waals surface area (Å²) in [7, 11) is 0. The number of rotatable bonds is 2. The molecule has 0 aliphatic heterocycles. The number of carbonyl (C=O) groups excluding carboxylic acids is 1. The van der Waals surface area contributed by atoms with Crippen LogP contribution in [-0.2, 0) is 0 Å². The molecule has 92 valence electrons. The summed E-state index contributed by atoms with van der Waals surface area (Å²) in [4.78, 5) is 12.0. The van der Waals surface area contributed by atoms with E-state index in [9.17, 15) is 4.79 Å². The largest absolute Gasteiger partial charge is 0.321 e. The molecule has 2 aromatic rings. The number of halogens is 3. The first kappa shape index (κ1) is 13.8. The molecule has 1 amide bonds. The third-order valence-electron chi connectivity index (χ3n) is 2.29. The molecule has 0 heterocycles. The summed E-state index contributed by atoms with van der Waals surface area (Å²) < 4.78 is 1.85. The van der Waals surface area contributed by atoms with Crippen LogP contribution in [0.4, 0.5) is 5.69 Å². The van der Waals surface area contributed by atoms with Gasteiger partial charge in [0.1, 0.15) is 0 Å². The van der Waals surface area contributed by atoms with Gasteiger partial charge in [0.15, 0.2) is 0 Å². The maximum absolute atomic E-state index is 12.0. The van der Waals surface area contributed by atoms with Gasteiger partial charge in [0.05, 0.1) is 5.69 Å². The molecule has 0 radical (unpaired) electrons. The van der Waals surface area contributed by atoms with Crippen LogP contribution < -0.4 is 5.32 Å².